The van der Waals surface area contributed by atoms with Gasteiger partial charge < -0.3 is 5.43 Å². The van der Waals surface area contributed by atoms with Gasteiger partial charge in [-0.1, -0.05) is 30.3 Å². The number of hydrogen-bond acceptors (Lipinski definition) is 6. The predicted molar refractivity (Wildman–Crippen MR) is 96.8 cm³/mol. The van der Waals surface area contributed by atoms with Crippen LogP contribution in [0.15, 0.2) is 72.0 Å². The van der Waals surface area contributed by atoms with Crippen LogP contribution in [0.5, 0.6) is 0 Å². The fourth-order valence-corrected chi connectivity index (χ4v) is 2.99. The second-order valence-corrected chi connectivity index (χ2v) is 5.81. The van der Waals surface area contributed by atoms with E-state index in [4.69, 9.17) is 4.98 Å². The molecule has 25 heavy (non-hydrogen) atoms. The molecule has 1 aromatic carbocycles. The van der Waals surface area contributed by atoms with Crippen molar-refractivity contribution in [1.29, 1.82) is 0 Å². The highest BCUT2D eigenvalue weighted by atomic mass is 15.5. The van der Waals surface area contributed by atoms with Crippen LogP contribution in [-0.2, 0) is 0 Å². The third-order valence-electron chi connectivity index (χ3n) is 4.23. The average Bonchev–Trinajstić information content (AvgIpc) is 3.18. The van der Waals surface area contributed by atoms with Gasteiger partial charge in [-0.2, -0.15) is 0 Å². The highest BCUT2D eigenvalue weighted by molar-refractivity contribution is 6.05. The molecule has 120 valence electrons. The van der Waals surface area contributed by atoms with Crippen molar-refractivity contribution in [2.75, 3.05) is 0 Å². The third-order valence-corrected chi connectivity index (χ3v) is 4.23. The Kier molecular flexibility index (Phi) is 3.14. The van der Waals surface area contributed by atoms with Crippen molar-refractivity contribution in [3.8, 4) is 0 Å². The number of pyridine rings is 3. The van der Waals surface area contributed by atoms with Crippen molar-refractivity contribution in [2.24, 2.45) is 4.99 Å². The molecule has 6 heteroatoms. The van der Waals surface area contributed by atoms with E-state index in [1.54, 1.807) is 12.4 Å². The summed E-state index contributed by atoms with van der Waals surface area (Å²) in [7, 11) is 0. The van der Waals surface area contributed by atoms with Crippen LogP contribution in [0.3, 0.4) is 0 Å². The van der Waals surface area contributed by atoms with E-state index in [9.17, 15) is 0 Å². The second-order valence-electron chi connectivity index (χ2n) is 5.81. The minimum absolute atomic E-state index is 0.223. The van der Waals surface area contributed by atoms with Gasteiger partial charge in [0.05, 0.1) is 16.7 Å². The van der Waals surface area contributed by atoms with Crippen LogP contribution >= 0.6 is 0 Å². The maximum atomic E-state index is 4.80. The number of aromatic nitrogens is 3. The zero-order chi connectivity index (χ0) is 16.6. The Morgan fingerprint density at radius 3 is 2.48 bits per heavy atom. The van der Waals surface area contributed by atoms with Crippen LogP contribution in [0.25, 0.3) is 21.8 Å². The van der Waals surface area contributed by atoms with E-state index in [1.807, 2.05) is 42.5 Å². The van der Waals surface area contributed by atoms with Crippen LogP contribution in [-0.4, -0.2) is 20.8 Å². The van der Waals surface area contributed by atoms with E-state index >= 15 is 0 Å². The topological polar surface area (TPSA) is 75.1 Å². The number of nitrogens with one attached hydrogen (secondary N) is 2. The lowest BCUT2D eigenvalue weighted by Crippen LogP contribution is -2.32. The molecule has 1 aliphatic heterocycles. The number of benzene rings is 1. The molecule has 0 radical (unpaired) electrons. The smallest absolute Gasteiger partial charge is 0.163 e. The van der Waals surface area contributed by atoms with Gasteiger partial charge in [0.15, 0.2) is 12.0 Å². The molecule has 0 saturated heterocycles. The Morgan fingerprint density at radius 2 is 1.60 bits per heavy atom. The number of rotatable bonds is 2. The van der Waals surface area contributed by atoms with E-state index in [0.29, 0.717) is 5.84 Å². The molecule has 4 heterocycles. The molecule has 6 nitrogen and oxygen atoms in total. The monoisotopic (exact) mass is 326 g/mol. The van der Waals surface area contributed by atoms with Gasteiger partial charge in [0.2, 0.25) is 0 Å². The number of fused-ring (bicyclic) bond motifs is 3. The van der Waals surface area contributed by atoms with Gasteiger partial charge in [0, 0.05) is 23.2 Å². The number of hydrazine groups is 1. The summed E-state index contributed by atoms with van der Waals surface area (Å²) in [6, 6.07) is 17.9. The van der Waals surface area contributed by atoms with Crippen molar-refractivity contribution in [3.05, 3.63) is 78.4 Å². The van der Waals surface area contributed by atoms with Crippen molar-refractivity contribution in [3.63, 3.8) is 0 Å². The summed E-state index contributed by atoms with van der Waals surface area (Å²) in [6.45, 7) is 0. The highest BCUT2D eigenvalue weighted by Crippen LogP contribution is 2.23. The van der Waals surface area contributed by atoms with Crippen molar-refractivity contribution in [1.82, 2.24) is 25.8 Å². The van der Waals surface area contributed by atoms with Gasteiger partial charge in [-0.05, 0) is 24.3 Å². The molecule has 0 saturated carbocycles. The summed E-state index contributed by atoms with van der Waals surface area (Å²) in [6.07, 6.45) is 3.33. The van der Waals surface area contributed by atoms with E-state index in [-0.39, 0.29) is 6.17 Å². The maximum absolute atomic E-state index is 4.80. The SMILES string of the molecule is c1ccc(C2N=C(c3ccc4ccc5cccnc5c4n3)NN2)nc1. The molecule has 1 atom stereocenters. The molecule has 2 N–H and O–H groups in total. The first-order valence-corrected chi connectivity index (χ1v) is 8.04. The van der Waals surface area contributed by atoms with E-state index < -0.39 is 0 Å². The Morgan fingerprint density at radius 1 is 0.760 bits per heavy atom. The number of nitrogens with zero attached hydrogens (tertiary/aromatic N) is 4. The van der Waals surface area contributed by atoms with E-state index in [1.165, 1.54) is 0 Å². The van der Waals surface area contributed by atoms with Crippen LogP contribution in [0.2, 0.25) is 0 Å². The molecule has 4 aromatic rings. The van der Waals surface area contributed by atoms with Gasteiger partial charge in [-0.25, -0.2) is 15.4 Å². The average molecular weight is 326 g/mol. The van der Waals surface area contributed by atoms with Crippen LogP contribution in [0, 0.1) is 0 Å². The summed E-state index contributed by atoms with van der Waals surface area (Å²) in [5, 5.41) is 2.13. The van der Waals surface area contributed by atoms with Gasteiger partial charge >= 0.3 is 0 Å². The summed E-state index contributed by atoms with van der Waals surface area (Å²) in [4.78, 5) is 18.3. The van der Waals surface area contributed by atoms with Crippen molar-refractivity contribution in [2.45, 2.75) is 6.17 Å². The Bertz CT molecular complexity index is 1110. The molecular formula is C19H14N6. The molecule has 1 unspecified atom stereocenters. The fourth-order valence-electron chi connectivity index (χ4n) is 2.99. The van der Waals surface area contributed by atoms with Crippen molar-refractivity contribution >= 4 is 27.6 Å². The zero-order valence-electron chi connectivity index (χ0n) is 13.2. The quantitative estimate of drug-likeness (QED) is 0.554. The number of aliphatic imine (C=N–C) groups is 1. The zero-order valence-corrected chi connectivity index (χ0v) is 13.2. The lowest BCUT2D eigenvalue weighted by atomic mass is 10.1. The third kappa shape index (κ3) is 2.40. The minimum atomic E-state index is -0.223. The summed E-state index contributed by atoms with van der Waals surface area (Å²) >= 11 is 0. The molecule has 1 aliphatic rings. The molecular weight excluding hydrogens is 312 g/mol. The molecule has 0 spiro atoms. The lowest BCUT2D eigenvalue weighted by molar-refractivity contribution is 0.561. The molecule has 0 aliphatic carbocycles. The van der Waals surface area contributed by atoms with Crippen LogP contribution < -0.4 is 10.9 Å². The van der Waals surface area contributed by atoms with E-state index in [2.05, 4.69) is 37.9 Å². The molecule has 0 amide bonds. The Labute approximate surface area is 143 Å². The lowest BCUT2D eigenvalue weighted by Gasteiger charge is -2.06. The maximum Gasteiger partial charge on any atom is 0.163 e. The van der Waals surface area contributed by atoms with Gasteiger partial charge in [-0.3, -0.25) is 9.97 Å². The van der Waals surface area contributed by atoms with Gasteiger partial charge in [0.25, 0.3) is 0 Å². The molecule has 3 aromatic heterocycles. The summed E-state index contributed by atoms with van der Waals surface area (Å²) in [5.41, 5.74) is 9.65. The summed E-state index contributed by atoms with van der Waals surface area (Å²) in [5.74, 6) is 0.700. The van der Waals surface area contributed by atoms with Crippen LogP contribution in [0.4, 0.5) is 0 Å². The minimum Gasteiger partial charge on any atom is -0.302 e. The van der Waals surface area contributed by atoms with Crippen LogP contribution in [0.1, 0.15) is 17.6 Å². The second kappa shape index (κ2) is 5.61. The summed E-state index contributed by atoms with van der Waals surface area (Å²) < 4.78 is 0. The normalized spacial score (nSPS) is 16.8. The molecule has 0 fully saturated rings. The number of hydrogen-bond donors (Lipinski definition) is 2. The van der Waals surface area contributed by atoms with E-state index in [0.717, 1.165) is 33.2 Å². The highest BCUT2D eigenvalue weighted by Gasteiger charge is 2.21. The molecule has 0 bridgehead atoms. The fraction of sp³-hybridized carbons (Fsp3) is 0.0526. The van der Waals surface area contributed by atoms with Crippen molar-refractivity contribution < 1.29 is 0 Å². The predicted octanol–water partition coefficient (Wildman–Crippen LogP) is 2.73. The molecule has 5 rings (SSSR count). The van der Waals surface area contributed by atoms with Gasteiger partial charge in [0.1, 0.15) is 5.69 Å². The first-order valence-electron chi connectivity index (χ1n) is 8.04. The largest absolute Gasteiger partial charge is 0.302 e. The first kappa shape index (κ1) is 14.0. The Hall–Kier alpha value is -3.38. The first-order chi connectivity index (χ1) is 12.4. The standard InChI is InChI=1S/C19H14N6/c1-2-10-20-14(5-1)18-23-19(25-24-18)15-9-8-13-7-6-12-4-3-11-21-16(12)17(13)22-15/h1-11,18,24H,(H,23,25). The number of amidine groups is 1. The Balaban J connectivity index is 1.60. The van der Waals surface area contributed by atoms with Gasteiger partial charge in [-0.15, -0.1) is 0 Å².